The van der Waals surface area contributed by atoms with Crippen molar-refractivity contribution >= 4 is 57.8 Å². The van der Waals surface area contributed by atoms with Gasteiger partial charge in [-0.05, 0) is 29.8 Å². The first kappa shape index (κ1) is 21.5. The fraction of sp³-hybridized carbons (Fsp3) is 0.0909. The number of anilines is 1. The Labute approximate surface area is 183 Å². The number of nitrogens with one attached hydrogen (secondary N) is 1. The van der Waals surface area contributed by atoms with Crippen molar-refractivity contribution in [2.24, 2.45) is 0 Å². The van der Waals surface area contributed by atoms with Crippen LogP contribution in [0.4, 0.5) is 5.69 Å². The van der Waals surface area contributed by atoms with Gasteiger partial charge in [-0.2, -0.15) is 0 Å². The summed E-state index contributed by atoms with van der Waals surface area (Å²) in [4.78, 5) is 37.7. The molecule has 6 nitrogen and oxygen atoms in total. The minimum Gasteiger partial charge on any atom is -0.478 e. The zero-order valence-electron chi connectivity index (χ0n) is 15.8. The summed E-state index contributed by atoms with van der Waals surface area (Å²) in [6, 6.07) is 15.7. The summed E-state index contributed by atoms with van der Waals surface area (Å²) in [6.07, 6.45) is 5.44. The van der Waals surface area contributed by atoms with Gasteiger partial charge in [0.1, 0.15) is 4.32 Å². The standard InChI is InChI=1S/C22H18N2O4S2/c25-19(23-17-10-5-9-16(14-17)21(27)28)12-13-24-20(26)18(30-22(24)29)11-4-8-15-6-2-1-3-7-15/h1-11,14H,12-13H2,(H,23,25)(H,27,28)/b8-4+,18-11-. The van der Waals surface area contributed by atoms with Gasteiger partial charge >= 0.3 is 5.97 Å². The highest BCUT2D eigenvalue weighted by Crippen LogP contribution is 2.31. The summed E-state index contributed by atoms with van der Waals surface area (Å²) in [6.45, 7) is 0.148. The van der Waals surface area contributed by atoms with Crippen LogP contribution in [0.3, 0.4) is 0 Å². The number of benzene rings is 2. The number of aromatic carboxylic acids is 1. The van der Waals surface area contributed by atoms with Gasteiger partial charge in [0, 0.05) is 18.7 Å². The molecule has 1 aliphatic rings. The van der Waals surface area contributed by atoms with Crippen LogP contribution in [-0.2, 0) is 9.59 Å². The zero-order chi connectivity index (χ0) is 21.5. The van der Waals surface area contributed by atoms with E-state index in [0.29, 0.717) is 14.9 Å². The predicted molar refractivity (Wildman–Crippen MR) is 122 cm³/mol. The molecule has 0 aromatic heterocycles. The molecule has 0 atom stereocenters. The molecule has 1 aliphatic heterocycles. The quantitative estimate of drug-likeness (QED) is 0.498. The molecule has 3 rings (SSSR count). The van der Waals surface area contributed by atoms with E-state index in [0.717, 1.165) is 5.56 Å². The molecule has 0 aliphatic carbocycles. The first-order valence-corrected chi connectivity index (χ1v) is 10.3. The Bertz CT molecular complexity index is 1050. The van der Waals surface area contributed by atoms with Crippen molar-refractivity contribution in [1.82, 2.24) is 4.90 Å². The molecule has 0 radical (unpaired) electrons. The number of thioether (sulfide) groups is 1. The van der Waals surface area contributed by atoms with Gasteiger partial charge in [-0.1, -0.05) is 72.5 Å². The third-order valence-corrected chi connectivity index (χ3v) is 5.56. The molecule has 2 N–H and O–H groups in total. The van der Waals surface area contributed by atoms with E-state index in [9.17, 15) is 14.4 Å². The number of allylic oxidation sites excluding steroid dienone is 2. The van der Waals surface area contributed by atoms with E-state index in [4.69, 9.17) is 17.3 Å². The monoisotopic (exact) mass is 438 g/mol. The van der Waals surface area contributed by atoms with Crippen LogP contribution in [0, 0.1) is 0 Å². The average Bonchev–Trinajstić information content (AvgIpc) is 3.00. The summed E-state index contributed by atoms with van der Waals surface area (Å²) in [5, 5.41) is 11.7. The minimum absolute atomic E-state index is 0.0386. The van der Waals surface area contributed by atoms with Gasteiger partial charge in [0.25, 0.3) is 5.91 Å². The third kappa shape index (κ3) is 5.65. The fourth-order valence-corrected chi connectivity index (χ4v) is 3.94. The van der Waals surface area contributed by atoms with Gasteiger partial charge in [0.15, 0.2) is 0 Å². The van der Waals surface area contributed by atoms with Gasteiger partial charge in [-0.15, -0.1) is 0 Å². The van der Waals surface area contributed by atoms with Crippen molar-refractivity contribution in [2.45, 2.75) is 6.42 Å². The van der Waals surface area contributed by atoms with Crippen molar-refractivity contribution in [3.63, 3.8) is 0 Å². The number of rotatable bonds is 7. The summed E-state index contributed by atoms with van der Waals surface area (Å²) < 4.78 is 0.403. The molecule has 1 fully saturated rings. The number of amides is 2. The second-order valence-electron chi connectivity index (χ2n) is 6.31. The molecule has 0 unspecified atom stereocenters. The van der Waals surface area contributed by atoms with E-state index >= 15 is 0 Å². The number of hydrogen-bond donors (Lipinski definition) is 2. The maximum Gasteiger partial charge on any atom is 0.335 e. The second-order valence-corrected chi connectivity index (χ2v) is 7.99. The van der Waals surface area contributed by atoms with Crippen LogP contribution in [0.25, 0.3) is 6.08 Å². The van der Waals surface area contributed by atoms with Gasteiger partial charge < -0.3 is 10.4 Å². The van der Waals surface area contributed by atoms with Crippen LogP contribution >= 0.6 is 24.0 Å². The minimum atomic E-state index is -1.07. The maximum atomic E-state index is 12.6. The topological polar surface area (TPSA) is 86.7 Å². The molecule has 30 heavy (non-hydrogen) atoms. The fourth-order valence-electron chi connectivity index (χ4n) is 2.68. The first-order chi connectivity index (χ1) is 14.4. The Kier molecular flexibility index (Phi) is 7.16. The van der Waals surface area contributed by atoms with Crippen molar-refractivity contribution in [1.29, 1.82) is 0 Å². The Hall–Kier alpha value is -3.23. The lowest BCUT2D eigenvalue weighted by Crippen LogP contribution is -2.31. The van der Waals surface area contributed by atoms with Crippen molar-refractivity contribution in [3.05, 3.63) is 82.8 Å². The molecular weight excluding hydrogens is 420 g/mol. The highest BCUT2D eigenvalue weighted by atomic mass is 32.2. The normalized spacial score (nSPS) is 15.2. The Morgan fingerprint density at radius 1 is 1.13 bits per heavy atom. The lowest BCUT2D eigenvalue weighted by Gasteiger charge is -2.14. The van der Waals surface area contributed by atoms with Crippen LogP contribution in [-0.4, -0.2) is 38.7 Å². The van der Waals surface area contributed by atoms with E-state index in [1.165, 1.54) is 28.8 Å². The van der Waals surface area contributed by atoms with E-state index in [1.54, 1.807) is 24.3 Å². The van der Waals surface area contributed by atoms with Crippen molar-refractivity contribution in [2.75, 3.05) is 11.9 Å². The number of carboxylic acid groups (broad SMARTS) is 1. The molecule has 1 heterocycles. The molecule has 2 aromatic rings. The van der Waals surface area contributed by atoms with Crippen LogP contribution in [0.15, 0.2) is 71.7 Å². The SMILES string of the molecule is O=C(CCN1C(=O)/C(=C/C=C/c2ccccc2)SC1=S)Nc1cccc(C(=O)O)c1. The van der Waals surface area contributed by atoms with E-state index in [1.807, 2.05) is 36.4 Å². The largest absolute Gasteiger partial charge is 0.478 e. The molecule has 2 amide bonds. The van der Waals surface area contributed by atoms with Crippen LogP contribution < -0.4 is 5.32 Å². The lowest BCUT2D eigenvalue weighted by atomic mass is 10.2. The average molecular weight is 439 g/mol. The summed E-state index contributed by atoms with van der Waals surface area (Å²) in [5.74, 6) is -1.64. The lowest BCUT2D eigenvalue weighted by molar-refractivity contribution is -0.122. The van der Waals surface area contributed by atoms with Gasteiger partial charge in [0.2, 0.25) is 5.91 Å². The van der Waals surface area contributed by atoms with Gasteiger partial charge in [0.05, 0.1) is 10.5 Å². The van der Waals surface area contributed by atoms with E-state index in [2.05, 4.69) is 5.32 Å². The Balaban J connectivity index is 1.56. The summed E-state index contributed by atoms with van der Waals surface area (Å²) in [7, 11) is 0. The van der Waals surface area contributed by atoms with Crippen LogP contribution in [0.2, 0.25) is 0 Å². The molecule has 0 saturated carbocycles. The van der Waals surface area contributed by atoms with Gasteiger partial charge in [-0.25, -0.2) is 4.79 Å². The molecule has 1 saturated heterocycles. The molecule has 0 bridgehead atoms. The first-order valence-electron chi connectivity index (χ1n) is 9.04. The van der Waals surface area contributed by atoms with Gasteiger partial charge in [-0.3, -0.25) is 14.5 Å². The van der Waals surface area contributed by atoms with E-state index in [-0.39, 0.29) is 30.3 Å². The Morgan fingerprint density at radius 2 is 1.90 bits per heavy atom. The number of hydrogen-bond acceptors (Lipinski definition) is 5. The number of carboxylic acids is 1. The number of thiocarbonyl (C=S) groups is 1. The van der Waals surface area contributed by atoms with E-state index < -0.39 is 5.97 Å². The molecule has 0 spiro atoms. The second kappa shape index (κ2) is 10.00. The maximum absolute atomic E-state index is 12.6. The summed E-state index contributed by atoms with van der Waals surface area (Å²) >= 11 is 6.47. The number of nitrogens with zero attached hydrogens (tertiary/aromatic N) is 1. The Morgan fingerprint density at radius 3 is 2.63 bits per heavy atom. The molecule has 152 valence electrons. The molecule has 2 aromatic carbocycles. The third-order valence-electron chi connectivity index (χ3n) is 4.17. The smallest absolute Gasteiger partial charge is 0.335 e. The molecular formula is C22H18N2O4S2. The van der Waals surface area contributed by atoms with Crippen LogP contribution in [0.1, 0.15) is 22.3 Å². The molecule has 8 heteroatoms. The predicted octanol–water partition coefficient (Wildman–Crippen LogP) is 4.17. The number of carbonyl (C=O) groups excluding carboxylic acids is 2. The van der Waals surface area contributed by atoms with Crippen molar-refractivity contribution in [3.8, 4) is 0 Å². The highest BCUT2D eigenvalue weighted by molar-refractivity contribution is 8.26. The van der Waals surface area contributed by atoms with Crippen LogP contribution in [0.5, 0.6) is 0 Å². The summed E-state index contributed by atoms with van der Waals surface area (Å²) in [5.41, 5.74) is 1.49. The highest BCUT2D eigenvalue weighted by Gasteiger charge is 2.31. The zero-order valence-corrected chi connectivity index (χ0v) is 17.4. The number of carbonyl (C=O) groups is 3. The van der Waals surface area contributed by atoms with Crippen molar-refractivity contribution < 1.29 is 19.5 Å².